The van der Waals surface area contributed by atoms with E-state index >= 15 is 0 Å². The summed E-state index contributed by atoms with van der Waals surface area (Å²) in [5.41, 5.74) is 2.07. The lowest BCUT2D eigenvalue weighted by atomic mass is 10.2. The number of nitrogens with zero attached hydrogens (tertiary/aromatic N) is 2. The number of hydrogen-bond acceptors (Lipinski definition) is 3. The lowest BCUT2D eigenvalue weighted by molar-refractivity contribution is 0.475. The van der Waals surface area contributed by atoms with Gasteiger partial charge in [0, 0.05) is 32.6 Å². The normalized spacial score (nSPS) is 20.7. The van der Waals surface area contributed by atoms with E-state index in [2.05, 4.69) is 11.8 Å². The zero-order chi connectivity index (χ0) is 11.9. The maximum absolute atomic E-state index is 9.56. The van der Waals surface area contributed by atoms with Crippen molar-refractivity contribution in [1.29, 1.82) is 0 Å². The van der Waals surface area contributed by atoms with E-state index in [4.69, 9.17) is 12.2 Å². The van der Waals surface area contributed by atoms with Crippen molar-refractivity contribution in [2.45, 2.75) is 19.4 Å². The van der Waals surface area contributed by atoms with E-state index in [9.17, 15) is 5.11 Å². The molecule has 0 amide bonds. The molecule has 0 saturated heterocycles. The van der Waals surface area contributed by atoms with E-state index in [0.717, 1.165) is 22.8 Å². The van der Waals surface area contributed by atoms with Crippen LogP contribution in [0.5, 0.6) is 5.75 Å². The summed E-state index contributed by atoms with van der Waals surface area (Å²) in [4.78, 5) is 5.11. The molecule has 2 rings (SSSR count). The molecule has 86 valence electrons. The van der Waals surface area contributed by atoms with Gasteiger partial charge in [0.25, 0.3) is 0 Å². The number of rotatable bonds is 0. The lowest BCUT2D eigenvalue weighted by Gasteiger charge is -2.25. The highest BCUT2D eigenvalue weighted by Crippen LogP contribution is 2.36. The smallest absolute Gasteiger partial charge is 0.117 e. The molecule has 4 heteroatoms. The fourth-order valence-electron chi connectivity index (χ4n) is 1.98. The van der Waals surface area contributed by atoms with Crippen LogP contribution in [0, 0.1) is 0 Å². The van der Waals surface area contributed by atoms with Crippen molar-refractivity contribution >= 4 is 28.6 Å². The second kappa shape index (κ2) is 3.94. The molecule has 1 unspecified atom stereocenters. The predicted molar refractivity (Wildman–Crippen MR) is 71.6 cm³/mol. The fraction of sp³-hybridized carbons (Fsp3) is 0.417. The number of benzene rings is 1. The second-order valence-electron chi connectivity index (χ2n) is 4.29. The van der Waals surface area contributed by atoms with Crippen molar-refractivity contribution in [3.8, 4) is 5.75 Å². The Morgan fingerprint density at radius 1 is 1.31 bits per heavy atom. The third kappa shape index (κ3) is 1.73. The summed E-state index contributed by atoms with van der Waals surface area (Å²) in [6.45, 7) is 2.14. The first kappa shape index (κ1) is 11.2. The Bertz CT molecular complexity index is 433. The summed E-state index contributed by atoms with van der Waals surface area (Å²) in [6, 6.07) is 5.74. The van der Waals surface area contributed by atoms with Crippen LogP contribution in [0.4, 0.5) is 11.4 Å². The van der Waals surface area contributed by atoms with E-state index in [-0.39, 0.29) is 0 Å². The largest absolute Gasteiger partial charge is 0.508 e. The third-order valence-electron chi connectivity index (χ3n) is 3.21. The molecule has 1 N–H and O–H groups in total. The lowest BCUT2D eigenvalue weighted by Crippen LogP contribution is -2.30. The van der Waals surface area contributed by atoms with E-state index in [0.29, 0.717) is 11.8 Å². The fourth-order valence-corrected chi connectivity index (χ4v) is 2.32. The number of thiocarbonyl (C=S) groups is 1. The molecule has 1 aliphatic rings. The molecule has 1 aromatic carbocycles. The van der Waals surface area contributed by atoms with Gasteiger partial charge in [-0.2, -0.15) is 0 Å². The Morgan fingerprint density at radius 2 is 2.00 bits per heavy atom. The summed E-state index contributed by atoms with van der Waals surface area (Å²) in [6.07, 6.45) is 0.859. The molecule has 0 spiro atoms. The summed E-state index contributed by atoms with van der Waals surface area (Å²) in [7, 11) is 4.01. The quantitative estimate of drug-likeness (QED) is 0.700. The number of hydrogen-bond donors (Lipinski definition) is 1. The standard InChI is InChI=1S/C12H16N2OS/c1-8-6-12(16)14(3)10-5-4-9(15)7-11(10)13(8)2/h4-5,7-8,15H,6H2,1-3H3. The molecule has 0 fully saturated rings. The van der Waals surface area contributed by atoms with Gasteiger partial charge in [0.15, 0.2) is 0 Å². The van der Waals surface area contributed by atoms with Crippen LogP contribution in [0.15, 0.2) is 18.2 Å². The van der Waals surface area contributed by atoms with Gasteiger partial charge in [-0.3, -0.25) is 0 Å². The highest BCUT2D eigenvalue weighted by Gasteiger charge is 2.24. The summed E-state index contributed by atoms with van der Waals surface area (Å²) < 4.78 is 0. The Kier molecular flexibility index (Phi) is 2.76. The van der Waals surface area contributed by atoms with Crippen molar-refractivity contribution in [2.75, 3.05) is 23.9 Å². The molecule has 1 aromatic rings. The minimum absolute atomic E-state index is 0.291. The molecule has 1 heterocycles. The third-order valence-corrected chi connectivity index (χ3v) is 3.65. The first-order valence-electron chi connectivity index (χ1n) is 5.33. The summed E-state index contributed by atoms with van der Waals surface area (Å²) in [5.74, 6) is 0.291. The molecule has 0 bridgehead atoms. The zero-order valence-electron chi connectivity index (χ0n) is 9.77. The molecule has 0 saturated carbocycles. The van der Waals surface area contributed by atoms with Crippen molar-refractivity contribution < 1.29 is 5.11 Å². The van der Waals surface area contributed by atoms with Gasteiger partial charge in [-0.25, -0.2) is 0 Å². The SMILES string of the molecule is CC1CC(=S)N(C)c2ccc(O)cc2N1C. The van der Waals surface area contributed by atoms with E-state index in [1.807, 2.05) is 25.1 Å². The number of anilines is 2. The van der Waals surface area contributed by atoms with Crippen molar-refractivity contribution in [3.05, 3.63) is 18.2 Å². The molecule has 0 aliphatic carbocycles. The summed E-state index contributed by atoms with van der Waals surface area (Å²) in [5, 5.41) is 9.56. The Hall–Kier alpha value is -1.29. The molecule has 0 radical (unpaired) electrons. The van der Waals surface area contributed by atoms with Crippen LogP contribution in [-0.4, -0.2) is 30.2 Å². The topological polar surface area (TPSA) is 26.7 Å². The average molecular weight is 236 g/mol. The maximum Gasteiger partial charge on any atom is 0.117 e. The first-order chi connectivity index (χ1) is 7.50. The van der Waals surface area contributed by atoms with E-state index in [1.165, 1.54) is 0 Å². The monoisotopic (exact) mass is 236 g/mol. The molecule has 1 aliphatic heterocycles. The van der Waals surface area contributed by atoms with Crippen molar-refractivity contribution in [2.24, 2.45) is 0 Å². The molecule has 1 atom stereocenters. The Morgan fingerprint density at radius 3 is 2.69 bits per heavy atom. The minimum atomic E-state index is 0.291. The maximum atomic E-state index is 9.56. The average Bonchev–Trinajstić information content (AvgIpc) is 2.32. The van der Waals surface area contributed by atoms with Gasteiger partial charge in [0.05, 0.1) is 16.4 Å². The zero-order valence-corrected chi connectivity index (χ0v) is 10.6. The van der Waals surface area contributed by atoms with Gasteiger partial charge >= 0.3 is 0 Å². The number of fused-ring (bicyclic) bond motifs is 1. The van der Waals surface area contributed by atoms with Crippen LogP contribution in [0.1, 0.15) is 13.3 Å². The van der Waals surface area contributed by atoms with Crippen LogP contribution < -0.4 is 9.80 Å². The second-order valence-corrected chi connectivity index (χ2v) is 4.76. The molecular formula is C12H16N2OS. The molecule has 0 aromatic heterocycles. The van der Waals surface area contributed by atoms with Crippen LogP contribution in [-0.2, 0) is 0 Å². The van der Waals surface area contributed by atoms with Crippen molar-refractivity contribution in [1.82, 2.24) is 0 Å². The number of phenols is 1. The van der Waals surface area contributed by atoms with Crippen LogP contribution in [0.3, 0.4) is 0 Å². The molecule has 16 heavy (non-hydrogen) atoms. The Labute approximate surface area is 101 Å². The Balaban J connectivity index is 2.57. The van der Waals surface area contributed by atoms with Gasteiger partial charge in [0.1, 0.15) is 5.75 Å². The minimum Gasteiger partial charge on any atom is -0.508 e. The highest BCUT2D eigenvalue weighted by molar-refractivity contribution is 7.80. The van der Waals surface area contributed by atoms with Gasteiger partial charge in [0.2, 0.25) is 0 Å². The van der Waals surface area contributed by atoms with Crippen molar-refractivity contribution in [3.63, 3.8) is 0 Å². The van der Waals surface area contributed by atoms with Gasteiger partial charge < -0.3 is 14.9 Å². The highest BCUT2D eigenvalue weighted by atomic mass is 32.1. The van der Waals surface area contributed by atoms with E-state index in [1.54, 1.807) is 12.1 Å². The van der Waals surface area contributed by atoms with Crippen LogP contribution >= 0.6 is 12.2 Å². The number of aromatic hydroxyl groups is 1. The van der Waals surface area contributed by atoms with E-state index < -0.39 is 0 Å². The molecular weight excluding hydrogens is 220 g/mol. The molecule has 3 nitrogen and oxygen atoms in total. The predicted octanol–water partition coefficient (Wildman–Crippen LogP) is 2.38. The van der Waals surface area contributed by atoms with Crippen LogP contribution in [0.2, 0.25) is 0 Å². The van der Waals surface area contributed by atoms with Gasteiger partial charge in [-0.15, -0.1) is 0 Å². The number of phenolic OH excluding ortho intramolecular Hbond substituents is 1. The summed E-state index contributed by atoms with van der Waals surface area (Å²) >= 11 is 5.39. The van der Waals surface area contributed by atoms with Gasteiger partial charge in [-0.05, 0) is 19.1 Å². The van der Waals surface area contributed by atoms with Crippen LogP contribution in [0.25, 0.3) is 0 Å². The van der Waals surface area contributed by atoms with Gasteiger partial charge in [-0.1, -0.05) is 12.2 Å². The first-order valence-corrected chi connectivity index (χ1v) is 5.74.